The van der Waals surface area contributed by atoms with Crippen LogP contribution >= 0.6 is 11.3 Å². The summed E-state index contributed by atoms with van der Waals surface area (Å²) in [5, 5.41) is 38.0. The van der Waals surface area contributed by atoms with Gasteiger partial charge in [-0.05, 0) is 55.2 Å². The molecule has 14 nitrogen and oxygen atoms in total. The van der Waals surface area contributed by atoms with Crippen LogP contribution in [-0.2, 0) is 9.59 Å². The van der Waals surface area contributed by atoms with Crippen molar-refractivity contribution >= 4 is 40.0 Å². The van der Waals surface area contributed by atoms with Crippen molar-refractivity contribution in [1.82, 2.24) is 40.4 Å². The molecule has 4 N–H and O–H groups in total. The summed E-state index contributed by atoms with van der Waals surface area (Å²) in [7, 11) is 1.95. The van der Waals surface area contributed by atoms with E-state index in [1.165, 1.54) is 4.90 Å². The van der Waals surface area contributed by atoms with Crippen LogP contribution < -0.4 is 10.2 Å². The summed E-state index contributed by atoms with van der Waals surface area (Å²) in [6.45, 7) is 11.2. The van der Waals surface area contributed by atoms with E-state index < -0.39 is 18.1 Å². The minimum Gasteiger partial charge on any atom is -0.507 e. The third-order valence-corrected chi connectivity index (χ3v) is 12.5. The van der Waals surface area contributed by atoms with Crippen molar-refractivity contribution < 1.29 is 24.3 Å². The molecular formula is C43H49N9O5S. The zero-order valence-electron chi connectivity index (χ0n) is 33.3. The number of phenolic OH excluding ortho intramolecular Hbond substituents is 1. The SMILES string of the molecule is Cc1ncsc1-c1ccc([C@H](C)NC(=O)[C@@H]2C[C@@H](O)CN2C(=O)[C@H](c2cc(N(C)CCN3CC(c4cc5cc(-c6ccccc6O)nnc5[nH]4)C3)no2)C(C)C)cc1. The summed E-state index contributed by atoms with van der Waals surface area (Å²) in [5.74, 6) is 0.180. The first-order valence-corrected chi connectivity index (χ1v) is 20.7. The van der Waals surface area contributed by atoms with E-state index in [2.05, 4.69) is 41.6 Å². The number of phenols is 1. The van der Waals surface area contributed by atoms with Gasteiger partial charge in [0, 0.05) is 74.8 Å². The Bertz CT molecular complexity index is 2400. The second-order valence-electron chi connectivity index (χ2n) is 16.0. The first-order chi connectivity index (χ1) is 27.9. The standard InChI is InChI=1S/C43H49N9O5S/c1-24(2)39(43(56)52-22-31(53)18-35(52)42(55)45-25(3)27-10-12-28(13-11-27)40-26(4)44-23-58-40)37-19-38(49-57-37)50(5)14-15-51-20-30(21-51)33-16-29-17-34(47-48-41(29)46-33)32-8-6-7-9-36(32)54/h6-13,16-17,19,23-25,30-31,35,39,53-54H,14-15,18,20-22H2,1-5H3,(H,45,55)(H,46,48)/t25-,31+,35-,39-/m0/s1. The van der Waals surface area contributed by atoms with E-state index in [0.717, 1.165) is 58.1 Å². The second kappa shape index (κ2) is 16.3. The number of carbonyl (C=O) groups excluding carboxylic acids is 2. The Morgan fingerprint density at radius 3 is 2.55 bits per heavy atom. The number of aromatic nitrogens is 5. The molecule has 4 aromatic heterocycles. The van der Waals surface area contributed by atoms with Crippen LogP contribution in [0, 0.1) is 12.8 Å². The smallest absolute Gasteiger partial charge is 0.243 e. The number of carbonyl (C=O) groups is 2. The molecule has 0 aliphatic carbocycles. The van der Waals surface area contributed by atoms with Gasteiger partial charge in [0.05, 0.1) is 33.9 Å². The molecule has 2 aromatic carbocycles. The lowest BCUT2D eigenvalue weighted by Crippen LogP contribution is -2.48. The van der Waals surface area contributed by atoms with Crippen molar-refractivity contribution in [3.05, 3.63) is 95.0 Å². The number of hydrogen-bond donors (Lipinski definition) is 4. The number of aliphatic hydroxyl groups excluding tert-OH is 1. The molecule has 0 unspecified atom stereocenters. The molecule has 6 aromatic rings. The van der Waals surface area contributed by atoms with Crippen LogP contribution in [0.2, 0.25) is 0 Å². The molecule has 0 radical (unpaired) electrons. The maximum absolute atomic E-state index is 14.2. The lowest BCUT2D eigenvalue weighted by Gasteiger charge is -2.39. The van der Waals surface area contributed by atoms with E-state index in [1.807, 2.05) is 93.7 Å². The molecule has 4 atom stereocenters. The maximum Gasteiger partial charge on any atom is 0.243 e. The zero-order chi connectivity index (χ0) is 40.7. The first-order valence-electron chi connectivity index (χ1n) is 19.8. The second-order valence-corrected chi connectivity index (χ2v) is 16.8. The summed E-state index contributed by atoms with van der Waals surface area (Å²) in [6, 6.07) is 19.9. The number of anilines is 1. The summed E-state index contributed by atoms with van der Waals surface area (Å²) in [4.78, 5) is 42.7. The predicted molar refractivity (Wildman–Crippen MR) is 222 cm³/mol. The Morgan fingerprint density at radius 2 is 1.83 bits per heavy atom. The largest absolute Gasteiger partial charge is 0.507 e. The number of aromatic amines is 1. The van der Waals surface area contributed by atoms with Crippen molar-refractivity contribution in [2.75, 3.05) is 44.7 Å². The van der Waals surface area contributed by atoms with E-state index in [0.29, 0.717) is 35.3 Å². The van der Waals surface area contributed by atoms with Gasteiger partial charge >= 0.3 is 0 Å². The highest BCUT2D eigenvalue weighted by Crippen LogP contribution is 2.35. The van der Waals surface area contributed by atoms with Crippen LogP contribution in [0.15, 0.2) is 76.8 Å². The lowest BCUT2D eigenvalue weighted by molar-refractivity contribution is -0.141. The molecule has 2 saturated heterocycles. The molecule has 2 amide bonds. The normalized spacial score (nSPS) is 18.4. The highest BCUT2D eigenvalue weighted by molar-refractivity contribution is 7.13. The summed E-state index contributed by atoms with van der Waals surface area (Å²) in [5.41, 5.74) is 7.94. The van der Waals surface area contributed by atoms with Gasteiger partial charge in [-0.25, -0.2) is 4.98 Å². The van der Waals surface area contributed by atoms with Gasteiger partial charge in [0.1, 0.15) is 17.7 Å². The van der Waals surface area contributed by atoms with Crippen LogP contribution in [-0.4, -0.2) is 109 Å². The van der Waals surface area contributed by atoms with E-state index in [9.17, 15) is 19.8 Å². The molecule has 302 valence electrons. The number of hydrogen-bond acceptors (Lipinski definition) is 12. The first kappa shape index (κ1) is 39.2. The number of nitrogens with one attached hydrogen (secondary N) is 2. The summed E-state index contributed by atoms with van der Waals surface area (Å²) < 4.78 is 5.82. The van der Waals surface area contributed by atoms with E-state index in [4.69, 9.17) is 4.52 Å². The van der Waals surface area contributed by atoms with Crippen molar-refractivity contribution in [3.63, 3.8) is 0 Å². The number of nitrogens with zero attached hydrogens (tertiary/aromatic N) is 7. The topological polar surface area (TPSA) is 177 Å². The monoisotopic (exact) mass is 803 g/mol. The Morgan fingerprint density at radius 1 is 1.05 bits per heavy atom. The highest BCUT2D eigenvalue weighted by atomic mass is 32.1. The molecular weight excluding hydrogens is 755 g/mol. The number of β-amino-alcohol motifs (C(OH)–C–C–N with tert-alkyl or cyclic N) is 1. The number of H-pyrrole nitrogens is 1. The Kier molecular flexibility index (Phi) is 11.0. The van der Waals surface area contributed by atoms with Gasteiger partial charge < -0.3 is 39.7 Å². The molecule has 2 fully saturated rings. The lowest BCUT2D eigenvalue weighted by atomic mass is 9.91. The fourth-order valence-electron chi connectivity index (χ4n) is 8.07. The molecule has 8 rings (SSSR count). The van der Waals surface area contributed by atoms with E-state index in [-0.39, 0.29) is 42.5 Å². The minimum absolute atomic E-state index is 0.0698. The van der Waals surface area contributed by atoms with E-state index >= 15 is 0 Å². The number of aryl methyl sites for hydroxylation is 1. The van der Waals surface area contributed by atoms with Gasteiger partial charge in [-0.2, -0.15) is 0 Å². The molecule has 58 heavy (non-hydrogen) atoms. The quantitative estimate of drug-likeness (QED) is 0.110. The minimum atomic E-state index is -0.811. The fourth-order valence-corrected chi connectivity index (χ4v) is 8.88. The number of rotatable bonds is 13. The van der Waals surface area contributed by atoms with Crippen molar-refractivity contribution in [2.24, 2.45) is 5.92 Å². The zero-order valence-corrected chi connectivity index (χ0v) is 34.1. The molecule has 0 spiro atoms. The molecule has 2 aliphatic rings. The van der Waals surface area contributed by atoms with Gasteiger partial charge in [-0.15, -0.1) is 21.5 Å². The molecule has 0 bridgehead atoms. The van der Waals surface area contributed by atoms with Gasteiger partial charge in [0.2, 0.25) is 11.8 Å². The molecule has 15 heteroatoms. The fraction of sp³-hybridized carbons (Fsp3) is 0.395. The van der Waals surface area contributed by atoms with Gasteiger partial charge in [-0.3, -0.25) is 9.59 Å². The van der Waals surface area contributed by atoms with Gasteiger partial charge in [-0.1, -0.05) is 55.4 Å². The summed E-state index contributed by atoms with van der Waals surface area (Å²) >= 11 is 1.59. The number of benzene rings is 2. The molecule has 0 saturated carbocycles. The third kappa shape index (κ3) is 7.93. The predicted octanol–water partition coefficient (Wildman–Crippen LogP) is 5.86. The van der Waals surface area contributed by atoms with Crippen LogP contribution in [0.5, 0.6) is 5.75 Å². The maximum atomic E-state index is 14.2. The van der Waals surface area contributed by atoms with Crippen LogP contribution in [0.4, 0.5) is 5.82 Å². The average Bonchev–Trinajstić information content (AvgIpc) is 4.01. The number of likely N-dealkylation sites (N-methyl/N-ethyl adjacent to an activating group) is 1. The van der Waals surface area contributed by atoms with Crippen molar-refractivity contribution in [3.8, 4) is 27.4 Å². The number of amides is 2. The van der Waals surface area contributed by atoms with E-state index in [1.54, 1.807) is 23.5 Å². The number of aliphatic hydroxyl groups is 1. The Hall–Kier alpha value is -5.64. The van der Waals surface area contributed by atoms with Crippen LogP contribution in [0.3, 0.4) is 0 Å². The number of thiazole rings is 1. The van der Waals surface area contributed by atoms with Gasteiger partial charge in [0.25, 0.3) is 0 Å². The van der Waals surface area contributed by atoms with Crippen LogP contribution in [0.25, 0.3) is 32.7 Å². The Labute approximate surface area is 340 Å². The number of fused-ring (bicyclic) bond motifs is 1. The van der Waals surface area contributed by atoms with Crippen molar-refractivity contribution in [1.29, 1.82) is 0 Å². The van der Waals surface area contributed by atoms with Gasteiger partial charge in [0.15, 0.2) is 17.2 Å². The molecule has 2 aliphatic heterocycles. The number of likely N-dealkylation sites (tertiary alicyclic amines) is 2. The Balaban J connectivity index is 0.855. The number of para-hydroxylation sites is 1. The van der Waals surface area contributed by atoms with Crippen LogP contribution in [0.1, 0.15) is 67.8 Å². The third-order valence-electron chi connectivity index (χ3n) is 11.5. The highest BCUT2D eigenvalue weighted by Gasteiger charge is 2.43. The molecule has 6 heterocycles. The van der Waals surface area contributed by atoms with Crippen molar-refractivity contribution in [2.45, 2.75) is 64.1 Å². The average molecular weight is 804 g/mol. The summed E-state index contributed by atoms with van der Waals surface area (Å²) in [6.07, 6.45) is -0.648. The number of aromatic hydroxyl groups is 1.